The Morgan fingerprint density at radius 3 is 2.60 bits per heavy atom. The number of carbonyl (C=O) groups excluding carboxylic acids is 1. The van der Waals surface area contributed by atoms with Crippen LogP contribution in [0.3, 0.4) is 0 Å². The van der Waals surface area contributed by atoms with Crippen LogP contribution >= 0.6 is 0 Å². The molecule has 0 aromatic heterocycles. The lowest BCUT2D eigenvalue weighted by Gasteiger charge is -1.94. The van der Waals surface area contributed by atoms with Crippen LogP contribution in [0.2, 0.25) is 0 Å². The van der Waals surface area contributed by atoms with Crippen molar-refractivity contribution < 1.29 is 9.90 Å². The normalized spacial score (nSPS) is 37.6. The van der Waals surface area contributed by atoms with Crippen molar-refractivity contribution in [3.63, 3.8) is 0 Å². The molecule has 1 amide bonds. The van der Waals surface area contributed by atoms with Crippen LogP contribution in [0.5, 0.6) is 0 Å². The van der Waals surface area contributed by atoms with E-state index in [1.165, 1.54) is 0 Å². The second-order valence-corrected chi connectivity index (χ2v) is 2.30. The monoisotopic (exact) mass is 145 g/mol. The number of β-amino-alcohol motifs (C(OH)–C–C–N with tert-alkyl or cyclic N) is 1. The number of carbonyl (C=O) groups is 1. The number of amides is 1. The van der Waals surface area contributed by atoms with Gasteiger partial charge in [-0.1, -0.05) is 0 Å². The summed E-state index contributed by atoms with van der Waals surface area (Å²) in [5.41, 5.74) is 10.4. The second kappa shape index (κ2) is 2.53. The zero-order chi connectivity index (χ0) is 7.72. The van der Waals surface area contributed by atoms with E-state index in [4.69, 9.17) is 16.6 Å². The van der Waals surface area contributed by atoms with Gasteiger partial charge in [-0.2, -0.15) is 0 Å². The van der Waals surface area contributed by atoms with Crippen LogP contribution in [-0.4, -0.2) is 41.3 Å². The van der Waals surface area contributed by atoms with Gasteiger partial charge in [0.05, 0.1) is 12.8 Å². The number of rotatable bonds is 3. The highest BCUT2D eigenvalue weighted by molar-refractivity contribution is 5.83. The van der Waals surface area contributed by atoms with E-state index in [9.17, 15) is 4.79 Å². The number of aliphatic hydroxyl groups is 1. The fraction of sp³-hybridized carbons (Fsp3) is 0.800. The van der Waals surface area contributed by atoms with Crippen LogP contribution < -0.4 is 11.5 Å². The van der Waals surface area contributed by atoms with E-state index in [1.807, 2.05) is 0 Å². The van der Waals surface area contributed by atoms with Crippen LogP contribution in [0.15, 0.2) is 0 Å². The highest BCUT2D eigenvalue weighted by atomic mass is 16.3. The summed E-state index contributed by atoms with van der Waals surface area (Å²) >= 11 is 0. The van der Waals surface area contributed by atoms with E-state index in [-0.39, 0.29) is 18.8 Å². The van der Waals surface area contributed by atoms with E-state index in [2.05, 4.69) is 0 Å². The third kappa shape index (κ3) is 1.11. The smallest absolute Gasteiger partial charge is 0.237 e. The highest BCUT2D eigenvalue weighted by Crippen LogP contribution is 2.21. The molecular formula is C5H11N3O2. The quantitative estimate of drug-likeness (QED) is 0.381. The molecule has 0 aromatic rings. The minimum absolute atomic E-state index is 0.0114. The van der Waals surface area contributed by atoms with E-state index in [0.29, 0.717) is 6.54 Å². The highest BCUT2D eigenvalue weighted by Gasteiger charge is 2.48. The van der Waals surface area contributed by atoms with Crippen LogP contribution in [-0.2, 0) is 4.79 Å². The van der Waals surface area contributed by atoms with Gasteiger partial charge in [0.1, 0.15) is 6.04 Å². The van der Waals surface area contributed by atoms with Crippen molar-refractivity contribution in [1.82, 2.24) is 4.90 Å². The molecule has 0 aliphatic carbocycles. The first-order chi connectivity index (χ1) is 4.68. The first kappa shape index (κ1) is 7.46. The molecule has 58 valence electrons. The predicted molar refractivity (Wildman–Crippen MR) is 34.7 cm³/mol. The summed E-state index contributed by atoms with van der Waals surface area (Å²) in [6, 6.07) is -0.354. The minimum atomic E-state index is -0.416. The van der Waals surface area contributed by atoms with Gasteiger partial charge >= 0.3 is 0 Å². The first-order valence-corrected chi connectivity index (χ1v) is 3.10. The zero-order valence-electron chi connectivity index (χ0n) is 5.53. The lowest BCUT2D eigenvalue weighted by atomic mass is 10.4. The van der Waals surface area contributed by atoms with Crippen molar-refractivity contribution >= 4 is 5.91 Å². The van der Waals surface area contributed by atoms with Gasteiger partial charge in [0.25, 0.3) is 0 Å². The van der Waals surface area contributed by atoms with Gasteiger partial charge in [0, 0.05) is 6.54 Å². The lowest BCUT2D eigenvalue weighted by Crippen LogP contribution is -2.23. The molecule has 5 nitrogen and oxygen atoms in total. The molecule has 1 fully saturated rings. The molecule has 0 bridgehead atoms. The van der Waals surface area contributed by atoms with Gasteiger partial charge in [-0.3, -0.25) is 9.69 Å². The van der Waals surface area contributed by atoms with Crippen molar-refractivity contribution in [3.05, 3.63) is 0 Å². The molecule has 2 unspecified atom stereocenters. The van der Waals surface area contributed by atoms with Gasteiger partial charge in [-0.05, 0) is 0 Å². The molecular weight excluding hydrogens is 134 g/mol. The van der Waals surface area contributed by atoms with Crippen LogP contribution in [0.1, 0.15) is 0 Å². The van der Waals surface area contributed by atoms with E-state index >= 15 is 0 Å². The standard InChI is InChI=1S/C5H11N3O2/c6-4-3(5(7)10)8(4)1-2-9/h3-4,9H,1-2,6H2,(H2,7,10)/t3?,4-,8?/m1/s1. The lowest BCUT2D eigenvalue weighted by molar-refractivity contribution is -0.118. The van der Waals surface area contributed by atoms with Crippen molar-refractivity contribution in [2.75, 3.05) is 13.2 Å². The summed E-state index contributed by atoms with van der Waals surface area (Å²) in [6.45, 7) is 0.437. The van der Waals surface area contributed by atoms with Crippen molar-refractivity contribution in [2.24, 2.45) is 11.5 Å². The Balaban J connectivity index is 2.34. The molecule has 5 heteroatoms. The second-order valence-electron chi connectivity index (χ2n) is 2.30. The maximum absolute atomic E-state index is 10.5. The van der Waals surface area contributed by atoms with Gasteiger partial charge < -0.3 is 16.6 Å². The van der Waals surface area contributed by atoms with Gasteiger partial charge in [0.15, 0.2) is 0 Å². The SMILES string of the molecule is NC(=O)C1[C@H](N)N1CCO. The molecule has 1 saturated heterocycles. The molecule has 0 aromatic carbocycles. The van der Waals surface area contributed by atoms with Gasteiger partial charge in [-0.15, -0.1) is 0 Å². The van der Waals surface area contributed by atoms with E-state index in [0.717, 1.165) is 0 Å². The van der Waals surface area contributed by atoms with Gasteiger partial charge in [0.2, 0.25) is 5.91 Å². The Bertz CT molecular complexity index is 150. The molecule has 1 aliphatic heterocycles. The Kier molecular flexibility index (Phi) is 1.89. The largest absolute Gasteiger partial charge is 0.395 e. The molecule has 1 aliphatic rings. The third-order valence-corrected chi connectivity index (χ3v) is 1.62. The molecule has 1 heterocycles. The van der Waals surface area contributed by atoms with Crippen LogP contribution in [0.25, 0.3) is 0 Å². The molecule has 1 rings (SSSR count). The molecule has 10 heavy (non-hydrogen) atoms. The summed E-state index contributed by atoms with van der Waals surface area (Å²) in [7, 11) is 0. The van der Waals surface area contributed by atoms with E-state index < -0.39 is 5.91 Å². The summed E-state index contributed by atoms with van der Waals surface area (Å²) in [6.07, 6.45) is -0.273. The number of aliphatic hydroxyl groups excluding tert-OH is 1. The Labute approximate surface area is 58.6 Å². The minimum Gasteiger partial charge on any atom is -0.395 e. The average Bonchev–Trinajstić information content (AvgIpc) is 2.43. The summed E-state index contributed by atoms with van der Waals surface area (Å²) < 4.78 is 0. The predicted octanol–water partition coefficient (Wildman–Crippen LogP) is -2.57. The van der Waals surface area contributed by atoms with Crippen LogP contribution in [0.4, 0.5) is 0 Å². The number of hydrogen-bond donors (Lipinski definition) is 3. The molecule has 0 radical (unpaired) electrons. The van der Waals surface area contributed by atoms with Crippen molar-refractivity contribution in [2.45, 2.75) is 12.2 Å². The fourth-order valence-electron chi connectivity index (χ4n) is 1.03. The van der Waals surface area contributed by atoms with Gasteiger partial charge in [-0.25, -0.2) is 0 Å². The Morgan fingerprint density at radius 2 is 2.30 bits per heavy atom. The number of primary amides is 1. The number of nitrogens with zero attached hydrogens (tertiary/aromatic N) is 1. The number of nitrogens with two attached hydrogens (primary N) is 2. The van der Waals surface area contributed by atoms with Crippen LogP contribution in [0, 0.1) is 0 Å². The molecule has 0 spiro atoms. The topological polar surface area (TPSA) is 92.4 Å². The van der Waals surface area contributed by atoms with Crippen molar-refractivity contribution in [1.29, 1.82) is 0 Å². The summed E-state index contributed by atoms with van der Waals surface area (Å²) in [4.78, 5) is 12.1. The first-order valence-electron chi connectivity index (χ1n) is 3.10. The third-order valence-electron chi connectivity index (χ3n) is 1.62. The Morgan fingerprint density at radius 1 is 1.70 bits per heavy atom. The number of hydrogen-bond acceptors (Lipinski definition) is 4. The molecule has 3 atom stereocenters. The molecule has 0 saturated carbocycles. The van der Waals surface area contributed by atoms with E-state index in [1.54, 1.807) is 4.90 Å². The maximum Gasteiger partial charge on any atom is 0.237 e. The Hall–Kier alpha value is -0.650. The summed E-state index contributed by atoms with van der Waals surface area (Å²) in [5.74, 6) is -0.416. The fourth-order valence-corrected chi connectivity index (χ4v) is 1.03. The molecule has 5 N–H and O–H groups in total. The van der Waals surface area contributed by atoms with Crippen molar-refractivity contribution in [3.8, 4) is 0 Å². The average molecular weight is 145 g/mol. The maximum atomic E-state index is 10.5. The summed E-state index contributed by atoms with van der Waals surface area (Å²) in [5, 5.41) is 8.44. The zero-order valence-corrected chi connectivity index (χ0v) is 5.53.